The summed E-state index contributed by atoms with van der Waals surface area (Å²) < 4.78 is 0. The first kappa shape index (κ1) is 13.0. The van der Waals surface area contributed by atoms with Crippen LogP contribution in [0, 0.1) is 12.8 Å². The lowest BCUT2D eigenvalue weighted by molar-refractivity contribution is 0.425. The van der Waals surface area contributed by atoms with E-state index in [1.807, 2.05) is 12.1 Å². The molecule has 2 aromatic rings. The van der Waals surface area contributed by atoms with E-state index < -0.39 is 0 Å². The molecule has 4 rings (SSSR count). The van der Waals surface area contributed by atoms with Gasteiger partial charge in [-0.15, -0.1) is 0 Å². The average molecular weight is 296 g/mol. The van der Waals surface area contributed by atoms with Crippen LogP contribution in [0.15, 0.2) is 54.6 Å². The molecule has 2 aromatic carbocycles. The largest absolute Gasteiger partial charge is 0.377 e. The van der Waals surface area contributed by atoms with Gasteiger partial charge in [-0.1, -0.05) is 54.1 Å². The van der Waals surface area contributed by atoms with Gasteiger partial charge in [-0.2, -0.15) is 0 Å². The Morgan fingerprint density at radius 2 is 1.90 bits per heavy atom. The van der Waals surface area contributed by atoms with Crippen molar-refractivity contribution in [1.29, 1.82) is 0 Å². The minimum atomic E-state index is 0.357. The fraction of sp³-hybridized carbons (Fsp3) is 0.263. The predicted octanol–water partition coefficient (Wildman–Crippen LogP) is 5.47. The number of nitrogens with one attached hydrogen (secondary N) is 1. The van der Waals surface area contributed by atoms with E-state index in [4.69, 9.17) is 11.6 Å². The van der Waals surface area contributed by atoms with Gasteiger partial charge < -0.3 is 5.32 Å². The Bertz CT molecular complexity index is 702. The standard InChI is InChI=1S/C19H18ClN/c1-12-4-2-6-16-15-5-3-7-17(15)19(21-18(12)16)13-8-10-14(20)11-9-13/h2-6,8-11,15,17,19,21H,7H2,1H3/t15-,17-,19-/m0/s1. The highest BCUT2D eigenvalue weighted by molar-refractivity contribution is 6.30. The van der Waals surface area contributed by atoms with Crippen LogP contribution in [0.25, 0.3) is 0 Å². The second kappa shape index (κ2) is 4.92. The van der Waals surface area contributed by atoms with Crippen molar-refractivity contribution in [2.24, 2.45) is 5.92 Å². The number of anilines is 1. The molecule has 1 N–H and O–H groups in total. The highest BCUT2D eigenvalue weighted by atomic mass is 35.5. The number of aryl methyl sites for hydroxylation is 1. The molecular weight excluding hydrogens is 278 g/mol. The third-order valence-corrected chi connectivity index (χ3v) is 5.09. The summed E-state index contributed by atoms with van der Waals surface area (Å²) >= 11 is 6.04. The van der Waals surface area contributed by atoms with Gasteiger partial charge in [0.15, 0.2) is 0 Å². The maximum absolute atomic E-state index is 6.04. The molecule has 0 fully saturated rings. The van der Waals surface area contributed by atoms with E-state index in [9.17, 15) is 0 Å². The van der Waals surface area contributed by atoms with Crippen molar-refractivity contribution in [1.82, 2.24) is 0 Å². The van der Waals surface area contributed by atoms with Gasteiger partial charge in [0.1, 0.15) is 0 Å². The van der Waals surface area contributed by atoms with Crippen LogP contribution in [-0.2, 0) is 0 Å². The molecule has 1 nitrogen and oxygen atoms in total. The number of rotatable bonds is 1. The lowest BCUT2D eigenvalue weighted by Gasteiger charge is -2.38. The zero-order chi connectivity index (χ0) is 14.4. The quantitative estimate of drug-likeness (QED) is 0.687. The lowest BCUT2D eigenvalue weighted by Crippen LogP contribution is -2.29. The molecule has 1 aliphatic heterocycles. The Morgan fingerprint density at radius 1 is 1.10 bits per heavy atom. The summed E-state index contributed by atoms with van der Waals surface area (Å²) in [6.45, 7) is 2.18. The molecule has 0 unspecified atom stereocenters. The van der Waals surface area contributed by atoms with Crippen LogP contribution in [0.2, 0.25) is 5.02 Å². The maximum Gasteiger partial charge on any atom is 0.0554 e. The highest BCUT2D eigenvalue weighted by Crippen LogP contribution is 2.50. The molecule has 0 saturated carbocycles. The zero-order valence-corrected chi connectivity index (χ0v) is 12.8. The smallest absolute Gasteiger partial charge is 0.0554 e. The fourth-order valence-electron chi connectivity index (χ4n) is 3.78. The molecule has 3 atom stereocenters. The average Bonchev–Trinajstić information content (AvgIpc) is 2.98. The van der Waals surface area contributed by atoms with Crippen LogP contribution in [-0.4, -0.2) is 0 Å². The lowest BCUT2D eigenvalue weighted by atomic mass is 9.76. The van der Waals surface area contributed by atoms with E-state index >= 15 is 0 Å². The number of fused-ring (bicyclic) bond motifs is 3. The van der Waals surface area contributed by atoms with Gasteiger partial charge in [0.05, 0.1) is 6.04 Å². The fourth-order valence-corrected chi connectivity index (χ4v) is 3.90. The summed E-state index contributed by atoms with van der Waals surface area (Å²) in [7, 11) is 0. The van der Waals surface area contributed by atoms with Crippen molar-refractivity contribution < 1.29 is 0 Å². The molecule has 106 valence electrons. The van der Waals surface area contributed by atoms with Crippen molar-refractivity contribution in [2.75, 3.05) is 5.32 Å². The minimum absolute atomic E-state index is 0.357. The molecule has 21 heavy (non-hydrogen) atoms. The third kappa shape index (κ3) is 2.08. The van der Waals surface area contributed by atoms with Crippen LogP contribution in [0.5, 0.6) is 0 Å². The molecule has 0 aromatic heterocycles. The minimum Gasteiger partial charge on any atom is -0.377 e. The number of para-hydroxylation sites is 1. The van der Waals surface area contributed by atoms with Crippen molar-refractivity contribution in [3.8, 4) is 0 Å². The van der Waals surface area contributed by atoms with Gasteiger partial charge in [0.2, 0.25) is 0 Å². The normalized spacial score (nSPS) is 26.1. The highest BCUT2D eigenvalue weighted by Gasteiger charge is 2.38. The first-order valence-corrected chi connectivity index (χ1v) is 7.90. The SMILES string of the molecule is Cc1cccc2c1N[C@@H](c1ccc(Cl)cc1)[C@H]1CC=C[C@@H]21. The Balaban J connectivity index is 1.81. The van der Waals surface area contributed by atoms with Crippen LogP contribution in [0.4, 0.5) is 5.69 Å². The van der Waals surface area contributed by atoms with Gasteiger partial charge >= 0.3 is 0 Å². The van der Waals surface area contributed by atoms with Crippen molar-refractivity contribution in [3.05, 3.63) is 76.3 Å². The molecule has 1 heterocycles. The molecular formula is C19H18ClN. The van der Waals surface area contributed by atoms with E-state index in [-0.39, 0.29) is 0 Å². The summed E-state index contributed by atoms with van der Waals surface area (Å²) in [6.07, 6.45) is 5.85. The summed E-state index contributed by atoms with van der Waals surface area (Å²) in [5, 5.41) is 4.59. The van der Waals surface area contributed by atoms with Crippen molar-refractivity contribution in [2.45, 2.75) is 25.3 Å². The van der Waals surface area contributed by atoms with Gasteiger partial charge in [0.25, 0.3) is 0 Å². The van der Waals surface area contributed by atoms with Gasteiger partial charge in [-0.25, -0.2) is 0 Å². The number of hydrogen-bond donors (Lipinski definition) is 1. The first-order chi connectivity index (χ1) is 10.2. The van der Waals surface area contributed by atoms with E-state index in [2.05, 4.69) is 54.7 Å². The molecule has 0 bridgehead atoms. The second-order valence-electron chi connectivity index (χ2n) is 6.07. The topological polar surface area (TPSA) is 12.0 Å². The third-order valence-electron chi connectivity index (χ3n) is 4.83. The van der Waals surface area contributed by atoms with Crippen LogP contribution in [0.3, 0.4) is 0 Å². The van der Waals surface area contributed by atoms with Gasteiger partial charge in [-0.3, -0.25) is 0 Å². The van der Waals surface area contributed by atoms with Gasteiger partial charge in [-0.05, 0) is 48.1 Å². The summed E-state index contributed by atoms with van der Waals surface area (Å²) in [4.78, 5) is 0. The van der Waals surface area contributed by atoms with E-state index in [0.717, 1.165) is 11.4 Å². The van der Waals surface area contributed by atoms with E-state index in [1.54, 1.807) is 0 Å². The van der Waals surface area contributed by atoms with Crippen molar-refractivity contribution in [3.63, 3.8) is 0 Å². The molecule has 1 aliphatic carbocycles. The number of benzene rings is 2. The van der Waals surface area contributed by atoms with Crippen LogP contribution < -0.4 is 5.32 Å². The predicted molar refractivity (Wildman–Crippen MR) is 89.0 cm³/mol. The Kier molecular flexibility index (Phi) is 3.04. The monoisotopic (exact) mass is 295 g/mol. The summed E-state index contributed by atoms with van der Waals surface area (Å²) in [5.41, 5.74) is 5.40. The Morgan fingerprint density at radius 3 is 2.71 bits per heavy atom. The molecule has 2 aliphatic rings. The van der Waals surface area contributed by atoms with Gasteiger partial charge in [0, 0.05) is 16.6 Å². The molecule has 0 spiro atoms. The van der Waals surface area contributed by atoms with Crippen molar-refractivity contribution >= 4 is 17.3 Å². The molecule has 0 radical (unpaired) electrons. The number of hydrogen-bond acceptors (Lipinski definition) is 1. The summed E-state index contributed by atoms with van der Waals surface area (Å²) in [5.74, 6) is 1.13. The second-order valence-corrected chi connectivity index (χ2v) is 6.50. The summed E-state index contributed by atoms with van der Waals surface area (Å²) in [6, 6.07) is 15.3. The molecule has 2 heteroatoms. The Hall–Kier alpha value is -1.73. The molecule has 0 amide bonds. The van der Waals surface area contributed by atoms with E-state index in [0.29, 0.717) is 17.9 Å². The van der Waals surface area contributed by atoms with Crippen LogP contribution >= 0.6 is 11.6 Å². The maximum atomic E-state index is 6.04. The Labute approximate surface area is 130 Å². The first-order valence-electron chi connectivity index (χ1n) is 7.52. The number of halogens is 1. The van der Waals surface area contributed by atoms with Crippen LogP contribution in [0.1, 0.15) is 35.1 Å². The number of allylic oxidation sites excluding steroid dienone is 2. The molecule has 0 saturated heterocycles. The van der Waals surface area contributed by atoms with E-state index in [1.165, 1.54) is 22.4 Å². The zero-order valence-electron chi connectivity index (χ0n) is 12.0.